The quantitative estimate of drug-likeness (QED) is 0.428. The molecule has 2 aliphatic rings. The van der Waals surface area contributed by atoms with E-state index in [1.807, 2.05) is 6.07 Å². The number of thioether (sulfide) groups is 1. The van der Waals surface area contributed by atoms with Crippen LogP contribution in [0.15, 0.2) is 41.6 Å². The number of carbonyl (C=O) groups is 2. The summed E-state index contributed by atoms with van der Waals surface area (Å²) in [6.07, 6.45) is 7.12. The molecule has 0 aromatic carbocycles. The van der Waals surface area contributed by atoms with E-state index >= 15 is 0 Å². The van der Waals surface area contributed by atoms with Crippen molar-refractivity contribution in [2.75, 3.05) is 24.5 Å². The topological polar surface area (TPSA) is 129 Å². The molecule has 180 valence electrons. The van der Waals surface area contributed by atoms with Gasteiger partial charge in [-0.1, -0.05) is 0 Å². The van der Waals surface area contributed by atoms with Crippen molar-refractivity contribution in [2.45, 2.75) is 26.3 Å². The summed E-state index contributed by atoms with van der Waals surface area (Å²) in [5.41, 5.74) is 4.63. The van der Waals surface area contributed by atoms with Gasteiger partial charge < -0.3 is 10.2 Å². The molecule has 2 amide bonds. The van der Waals surface area contributed by atoms with Crippen LogP contribution < -0.4 is 15.5 Å². The van der Waals surface area contributed by atoms with E-state index in [1.54, 1.807) is 24.5 Å². The summed E-state index contributed by atoms with van der Waals surface area (Å²) >= 11 is 0.889. The molecule has 0 aliphatic carbocycles. The summed E-state index contributed by atoms with van der Waals surface area (Å²) in [5, 5.41) is 12.5. The third-order valence-electron chi connectivity index (χ3n) is 6.02. The Bertz CT molecular complexity index is 1250. The minimum absolute atomic E-state index is 0.351. The summed E-state index contributed by atoms with van der Waals surface area (Å²) < 4.78 is 0. The van der Waals surface area contributed by atoms with Crippen molar-refractivity contribution < 1.29 is 9.59 Å². The lowest BCUT2D eigenvalue weighted by molar-refractivity contribution is -0.115. The Morgan fingerprint density at radius 1 is 1.17 bits per heavy atom. The second kappa shape index (κ2) is 10.4. The van der Waals surface area contributed by atoms with E-state index in [0.29, 0.717) is 22.5 Å². The Labute approximate surface area is 207 Å². The monoisotopic (exact) mass is 490 g/mol. The first-order valence-corrected chi connectivity index (χ1v) is 12.4. The highest BCUT2D eigenvalue weighted by atomic mass is 32.2. The van der Waals surface area contributed by atoms with Crippen LogP contribution in [0.3, 0.4) is 0 Å². The van der Waals surface area contributed by atoms with E-state index in [9.17, 15) is 9.59 Å². The van der Waals surface area contributed by atoms with Gasteiger partial charge in [-0.05, 0) is 79.9 Å². The number of amides is 2. The highest BCUT2D eigenvalue weighted by Crippen LogP contribution is 2.26. The molecule has 2 fully saturated rings. The Kier molecular flexibility index (Phi) is 6.87. The van der Waals surface area contributed by atoms with Crippen LogP contribution in [-0.4, -0.2) is 55.9 Å². The van der Waals surface area contributed by atoms with Gasteiger partial charge in [0.1, 0.15) is 0 Å². The number of hydrogen-bond donors (Lipinski definition) is 3. The first-order valence-electron chi connectivity index (χ1n) is 11.5. The number of H-pyrrole nitrogens is 1. The molecule has 0 spiro atoms. The Balaban J connectivity index is 1.12. The molecule has 5 rings (SSSR count). The van der Waals surface area contributed by atoms with Crippen LogP contribution in [0.25, 0.3) is 17.5 Å². The molecular formula is C24H26N8O2S. The smallest absolute Gasteiger partial charge is 0.290 e. The van der Waals surface area contributed by atoms with E-state index < -0.39 is 0 Å². The molecule has 0 unspecified atom stereocenters. The molecule has 0 atom stereocenters. The molecule has 3 N–H and O–H groups in total. The van der Waals surface area contributed by atoms with E-state index in [1.165, 1.54) is 5.56 Å². The van der Waals surface area contributed by atoms with Crippen LogP contribution in [0.2, 0.25) is 0 Å². The number of piperidine rings is 1. The van der Waals surface area contributed by atoms with Gasteiger partial charge in [0.15, 0.2) is 0 Å². The lowest BCUT2D eigenvalue weighted by Gasteiger charge is -2.32. The van der Waals surface area contributed by atoms with Gasteiger partial charge in [0.25, 0.3) is 11.1 Å². The van der Waals surface area contributed by atoms with Crippen molar-refractivity contribution in [3.8, 4) is 11.4 Å². The largest absolute Gasteiger partial charge is 0.341 e. The van der Waals surface area contributed by atoms with Crippen molar-refractivity contribution in [3.05, 3.63) is 58.5 Å². The molecular weight excluding hydrogens is 464 g/mol. The van der Waals surface area contributed by atoms with E-state index in [2.05, 4.69) is 54.8 Å². The van der Waals surface area contributed by atoms with Gasteiger partial charge >= 0.3 is 0 Å². The van der Waals surface area contributed by atoms with Gasteiger partial charge in [0.2, 0.25) is 5.95 Å². The second-order valence-corrected chi connectivity index (χ2v) is 9.70. The number of anilines is 1. The molecule has 2 aliphatic heterocycles. The number of aryl methyl sites for hydroxylation is 1. The SMILES string of the molecule is Cc1cc(CNCC2CCN(c3nccc(C=C4SC(=O)NC4=O)n3)CC2)nc(-c2ccn[nH]2)c1. The number of aromatic nitrogens is 5. The maximum absolute atomic E-state index is 11.8. The normalized spacial score (nSPS) is 17.9. The zero-order valence-electron chi connectivity index (χ0n) is 19.3. The molecule has 5 heterocycles. The predicted octanol–water partition coefficient (Wildman–Crippen LogP) is 2.90. The van der Waals surface area contributed by atoms with Crippen LogP contribution in [-0.2, 0) is 11.3 Å². The van der Waals surface area contributed by atoms with Gasteiger partial charge in [-0.2, -0.15) is 5.10 Å². The lowest BCUT2D eigenvalue weighted by Crippen LogP contribution is -2.38. The van der Waals surface area contributed by atoms with Gasteiger partial charge in [-0.25, -0.2) is 15.0 Å². The summed E-state index contributed by atoms with van der Waals surface area (Å²) in [6.45, 7) is 5.46. The average Bonchev–Trinajstić information content (AvgIpc) is 3.49. The molecule has 3 aromatic heterocycles. The van der Waals surface area contributed by atoms with Crippen LogP contribution in [0.4, 0.5) is 10.7 Å². The average molecular weight is 491 g/mol. The Morgan fingerprint density at radius 2 is 2.03 bits per heavy atom. The number of aromatic amines is 1. The number of pyridine rings is 1. The zero-order chi connectivity index (χ0) is 24.2. The fraction of sp³-hybridized carbons (Fsp3) is 0.333. The first-order chi connectivity index (χ1) is 17.0. The number of nitrogens with zero attached hydrogens (tertiary/aromatic N) is 5. The van der Waals surface area contributed by atoms with E-state index in [0.717, 1.165) is 67.9 Å². The minimum atomic E-state index is -0.383. The fourth-order valence-electron chi connectivity index (χ4n) is 4.26. The van der Waals surface area contributed by atoms with Crippen LogP contribution >= 0.6 is 11.8 Å². The van der Waals surface area contributed by atoms with Gasteiger partial charge in [-0.3, -0.25) is 20.0 Å². The number of rotatable bonds is 7. The summed E-state index contributed by atoms with van der Waals surface area (Å²) in [6, 6.07) is 7.83. The maximum Gasteiger partial charge on any atom is 0.290 e. The van der Waals surface area contributed by atoms with Gasteiger partial charge in [-0.15, -0.1) is 0 Å². The minimum Gasteiger partial charge on any atom is -0.341 e. The number of imide groups is 1. The van der Waals surface area contributed by atoms with Crippen LogP contribution in [0, 0.1) is 12.8 Å². The van der Waals surface area contributed by atoms with Crippen molar-refractivity contribution in [1.29, 1.82) is 0 Å². The summed E-state index contributed by atoms with van der Waals surface area (Å²) in [5.74, 6) is 0.834. The predicted molar refractivity (Wildman–Crippen MR) is 134 cm³/mol. The first kappa shape index (κ1) is 23.2. The van der Waals surface area contributed by atoms with E-state index in [4.69, 9.17) is 4.98 Å². The van der Waals surface area contributed by atoms with Crippen molar-refractivity contribution >= 4 is 34.9 Å². The molecule has 35 heavy (non-hydrogen) atoms. The molecule has 0 radical (unpaired) electrons. The molecule has 3 aromatic rings. The highest BCUT2D eigenvalue weighted by molar-refractivity contribution is 8.18. The van der Waals surface area contributed by atoms with E-state index in [-0.39, 0.29) is 11.1 Å². The van der Waals surface area contributed by atoms with Crippen molar-refractivity contribution in [1.82, 2.24) is 35.8 Å². The number of nitrogens with one attached hydrogen (secondary N) is 3. The fourth-order valence-corrected chi connectivity index (χ4v) is 4.92. The number of carbonyl (C=O) groups excluding carboxylic acids is 2. The molecule has 10 nitrogen and oxygen atoms in total. The molecule has 0 bridgehead atoms. The summed E-state index contributed by atoms with van der Waals surface area (Å²) in [7, 11) is 0. The van der Waals surface area contributed by atoms with Gasteiger partial charge in [0, 0.05) is 32.0 Å². The third-order valence-corrected chi connectivity index (χ3v) is 6.83. The standard InChI is InChI=1S/C24H26N8O2S/c1-15-10-18(28-20(11-15)19-3-7-27-31-19)14-25-13-16-4-8-32(9-5-16)23-26-6-2-17(29-23)12-21-22(33)30-24(34)35-21/h2-3,6-7,10-12,16,25H,4-5,8-9,13-14H2,1H3,(H,27,31)(H,30,33,34). The molecule has 0 saturated carbocycles. The summed E-state index contributed by atoms with van der Waals surface area (Å²) in [4.78, 5) is 39.4. The van der Waals surface area contributed by atoms with Crippen LogP contribution in [0.1, 0.15) is 29.8 Å². The molecule has 2 saturated heterocycles. The maximum atomic E-state index is 11.8. The van der Waals surface area contributed by atoms with Crippen molar-refractivity contribution in [2.24, 2.45) is 5.92 Å². The van der Waals surface area contributed by atoms with Crippen molar-refractivity contribution in [3.63, 3.8) is 0 Å². The third kappa shape index (κ3) is 5.75. The highest BCUT2D eigenvalue weighted by Gasteiger charge is 2.25. The van der Waals surface area contributed by atoms with Crippen LogP contribution in [0.5, 0.6) is 0 Å². The lowest BCUT2D eigenvalue weighted by atomic mass is 9.97. The van der Waals surface area contributed by atoms with Gasteiger partial charge in [0.05, 0.1) is 27.7 Å². The Morgan fingerprint density at radius 3 is 2.77 bits per heavy atom. The number of hydrogen-bond acceptors (Lipinski definition) is 9. The second-order valence-electron chi connectivity index (χ2n) is 8.69. The Hall–Kier alpha value is -3.57. The molecule has 11 heteroatoms. The zero-order valence-corrected chi connectivity index (χ0v) is 20.1.